The zero-order valence-corrected chi connectivity index (χ0v) is 16.4. The molecule has 8 nitrogen and oxygen atoms in total. The molecule has 1 spiro atoms. The highest BCUT2D eigenvalue weighted by atomic mass is 16.5. The number of piperidine rings is 1. The Bertz CT molecular complexity index is 726. The monoisotopic (exact) mass is 389 g/mol. The Kier molecular flexibility index (Phi) is 6.06. The topological polar surface area (TPSA) is 88.2 Å². The van der Waals surface area contributed by atoms with E-state index in [0.717, 1.165) is 17.9 Å². The number of carbonyl (C=O) groups is 3. The van der Waals surface area contributed by atoms with Crippen LogP contribution in [0.4, 0.5) is 4.79 Å². The van der Waals surface area contributed by atoms with Crippen LogP contribution in [0.3, 0.4) is 0 Å². The zero-order chi connectivity index (χ0) is 20.1. The fraction of sp³-hybridized carbons (Fsp3) is 0.550. The summed E-state index contributed by atoms with van der Waals surface area (Å²) in [4.78, 5) is 39.8. The van der Waals surface area contributed by atoms with E-state index in [2.05, 4.69) is 5.32 Å². The number of esters is 1. The standard InChI is InChI=1S/C20H27N3O5/c1-3-28-17(24)12-21-19(26)22-10-8-20(9-11-22)14-23(18(20)25)13-15-4-6-16(27-2)7-5-15/h4-7H,3,8-14H2,1-2H3,(H,21,26). The summed E-state index contributed by atoms with van der Waals surface area (Å²) in [5.41, 5.74) is 0.726. The molecule has 0 aromatic heterocycles. The Hall–Kier alpha value is -2.77. The Morgan fingerprint density at radius 2 is 1.86 bits per heavy atom. The Morgan fingerprint density at radius 1 is 1.18 bits per heavy atom. The molecule has 0 radical (unpaired) electrons. The summed E-state index contributed by atoms with van der Waals surface area (Å²) in [6, 6.07) is 7.43. The number of rotatable bonds is 6. The number of methoxy groups -OCH3 is 1. The molecular weight excluding hydrogens is 362 g/mol. The van der Waals surface area contributed by atoms with E-state index in [9.17, 15) is 14.4 Å². The highest BCUT2D eigenvalue weighted by molar-refractivity contribution is 5.89. The van der Waals surface area contributed by atoms with E-state index in [4.69, 9.17) is 9.47 Å². The number of benzene rings is 1. The summed E-state index contributed by atoms with van der Waals surface area (Å²) in [6.45, 7) is 4.20. The number of nitrogens with one attached hydrogen (secondary N) is 1. The quantitative estimate of drug-likeness (QED) is 0.587. The third-order valence-corrected chi connectivity index (χ3v) is 5.46. The molecule has 0 saturated carbocycles. The molecule has 28 heavy (non-hydrogen) atoms. The van der Waals surface area contributed by atoms with Gasteiger partial charge in [0.15, 0.2) is 0 Å². The van der Waals surface area contributed by atoms with E-state index < -0.39 is 5.97 Å². The molecule has 0 unspecified atom stereocenters. The van der Waals surface area contributed by atoms with Gasteiger partial charge in [-0.2, -0.15) is 0 Å². The van der Waals surface area contributed by atoms with Gasteiger partial charge in [0.05, 0.1) is 19.1 Å². The molecular formula is C20H27N3O5. The lowest BCUT2D eigenvalue weighted by molar-refractivity contribution is -0.165. The Labute approximate surface area is 164 Å². The van der Waals surface area contributed by atoms with Gasteiger partial charge in [-0.15, -0.1) is 0 Å². The third kappa shape index (κ3) is 4.21. The minimum atomic E-state index is -0.451. The fourth-order valence-electron chi connectivity index (χ4n) is 3.81. The van der Waals surface area contributed by atoms with Gasteiger partial charge in [0, 0.05) is 26.2 Å². The van der Waals surface area contributed by atoms with Crippen LogP contribution in [-0.4, -0.2) is 67.6 Å². The fourth-order valence-corrected chi connectivity index (χ4v) is 3.81. The van der Waals surface area contributed by atoms with Gasteiger partial charge in [-0.25, -0.2) is 4.79 Å². The number of hydrogen-bond donors (Lipinski definition) is 1. The van der Waals surface area contributed by atoms with E-state index >= 15 is 0 Å². The van der Waals surface area contributed by atoms with Gasteiger partial charge < -0.3 is 24.6 Å². The average Bonchev–Trinajstić information content (AvgIpc) is 2.72. The first kappa shape index (κ1) is 20.0. The molecule has 0 aliphatic carbocycles. The van der Waals surface area contributed by atoms with Crippen molar-refractivity contribution in [3.63, 3.8) is 0 Å². The van der Waals surface area contributed by atoms with Gasteiger partial charge >= 0.3 is 12.0 Å². The number of urea groups is 1. The lowest BCUT2D eigenvalue weighted by Gasteiger charge is -2.52. The van der Waals surface area contributed by atoms with E-state index in [-0.39, 0.29) is 30.5 Å². The van der Waals surface area contributed by atoms with Crippen molar-refractivity contribution in [2.75, 3.05) is 39.9 Å². The minimum Gasteiger partial charge on any atom is -0.497 e. The van der Waals surface area contributed by atoms with Crippen LogP contribution in [0.2, 0.25) is 0 Å². The minimum absolute atomic E-state index is 0.136. The largest absolute Gasteiger partial charge is 0.497 e. The van der Waals surface area contributed by atoms with Crippen molar-refractivity contribution < 1.29 is 23.9 Å². The maximum Gasteiger partial charge on any atom is 0.325 e. The highest BCUT2D eigenvalue weighted by Gasteiger charge is 2.53. The van der Waals surface area contributed by atoms with Gasteiger partial charge in [-0.3, -0.25) is 9.59 Å². The number of β-lactam (4-membered cyclic amide) rings is 1. The second kappa shape index (κ2) is 8.50. The third-order valence-electron chi connectivity index (χ3n) is 5.46. The van der Waals surface area contributed by atoms with Gasteiger partial charge in [0.1, 0.15) is 12.3 Å². The molecule has 2 fully saturated rings. The highest BCUT2D eigenvalue weighted by Crippen LogP contribution is 2.42. The number of likely N-dealkylation sites (tertiary alicyclic amines) is 2. The maximum atomic E-state index is 12.8. The lowest BCUT2D eigenvalue weighted by atomic mass is 9.71. The van der Waals surface area contributed by atoms with Crippen LogP contribution < -0.4 is 10.1 Å². The second-order valence-corrected chi connectivity index (χ2v) is 7.24. The average molecular weight is 389 g/mol. The van der Waals surface area contributed by atoms with Crippen LogP contribution >= 0.6 is 0 Å². The van der Waals surface area contributed by atoms with Gasteiger partial charge in [-0.1, -0.05) is 12.1 Å². The number of nitrogens with zero attached hydrogens (tertiary/aromatic N) is 2. The summed E-state index contributed by atoms with van der Waals surface area (Å²) in [5, 5.41) is 2.57. The Morgan fingerprint density at radius 3 is 2.43 bits per heavy atom. The second-order valence-electron chi connectivity index (χ2n) is 7.24. The molecule has 1 N–H and O–H groups in total. The summed E-state index contributed by atoms with van der Waals surface area (Å²) >= 11 is 0. The molecule has 2 aliphatic rings. The van der Waals surface area contributed by atoms with Crippen LogP contribution in [-0.2, 0) is 20.9 Å². The van der Waals surface area contributed by atoms with Crippen molar-refractivity contribution in [1.82, 2.24) is 15.1 Å². The molecule has 3 amide bonds. The van der Waals surface area contributed by atoms with Gasteiger partial charge in [-0.05, 0) is 37.5 Å². The van der Waals surface area contributed by atoms with Gasteiger partial charge in [0.25, 0.3) is 0 Å². The molecule has 1 aromatic rings. The van der Waals surface area contributed by atoms with Crippen molar-refractivity contribution in [2.24, 2.45) is 5.41 Å². The smallest absolute Gasteiger partial charge is 0.325 e. The summed E-state index contributed by atoms with van der Waals surface area (Å²) < 4.78 is 9.95. The zero-order valence-electron chi connectivity index (χ0n) is 16.4. The molecule has 2 heterocycles. The van der Waals surface area contributed by atoms with Crippen molar-refractivity contribution in [3.05, 3.63) is 29.8 Å². The normalized spacial score (nSPS) is 17.9. The summed E-state index contributed by atoms with van der Waals surface area (Å²) in [7, 11) is 1.63. The van der Waals surface area contributed by atoms with Crippen LogP contribution in [0.15, 0.2) is 24.3 Å². The van der Waals surface area contributed by atoms with E-state index in [0.29, 0.717) is 32.5 Å². The molecule has 0 atom stereocenters. The van der Waals surface area contributed by atoms with E-state index in [1.807, 2.05) is 29.2 Å². The predicted octanol–water partition coefficient (Wildman–Crippen LogP) is 1.39. The number of hydrogen-bond acceptors (Lipinski definition) is 5. The van der Waals surface area contributed by atoms with Crippen molar-refractivity contribution >= 4 is 17.9 Å². The molecule has 1 aromatic carbocycles. The maximum absolute atomic E-state index is 12.8. The van der Waals surface area contributed by atoms with Crippen LogP contribution in [0.25, 0.3) is 0 Å². The molecule has 152 valence electrons. The van der Waals surface area contributed by atoms with E-state index in [1.54, 1.807) is 18.9 Å². The first-order valence-electron chi connectivity index (χ1n) is 9.58. The summed E-state index contributed by atoms with van der Waals surface area (Å²) in [5.74, 6) is 0.506. The molecule has 3 rings (SSSR count). The number of carbonyl (C=O) groups excluding carboxylic acids is 3. The van der Waals surface area contributed by atoms with Crippen molar-refractivity contribution in [1.29, 1.82) is 0 Å². The number of amides is 3. The number of ether oxygens (including phenoxy) is 2. The van der Waals surface area contributed by atoms with Crippen LogP contribution in [0, 0.1) is 5.41 Å². The molecule has 2 saturated heterocycles. The molecule has 2 aliphatic heterocycles. The van der Waals surface area contributed by atoms with Crippen molar-refractivity contribution in [3.8, 4) is 5.75 Å². The first-order valence-corrected chi connectivity index (χ1v) is 9.58. The lowest BCUT2D eigenvalue weighted by Crippen LogP contribution is -2.64. The molecule has 0 bridgehead atoms. The van der Waals surface area contributed by atoms with Crippen LogP contribution in [0.5, 0.6) is 5.75 Å². The van der Waals surface area contributed by atoms with E-state index in [1.165, 1.54) is 0 Å². The van der Waals surface area contributed by atoms with Crippen LogP contribution in [0.1, 0.15) is 25.3 Å². The van der Waals surface area contributed by atoms with Crippen molar-refractivity contribution in [2.45, 2.75) is 26.3 Å². The first-order chi connectivity index (χ1) is 13.5. The van der Waals surface area contributed by atoms with Gasteiger partial charge in [0.2, 0.25) is 5.91 Å². The summed E-state index contributed by atoms with van der Waals surface area (Å²) in [6.07, 6.45) is 1.30. The predicted molar refractivity (Wildman–Crippen MR) is 102 cm³/mol. The SMILES string of the molecule is CCOC(=O)CNC(=O)N1CCC2(CC1)CN(Cc1ccc(OC)cc1)C2=O. The molecule has 8 heteroatoms. The Balaban J connectivity index is 1.45.